The summed E-state index contributed by atoms with van der Waals surface area (Å²) in [5, 5.41) is 9.16. The van der Waals surface area contributed by atoms with Crippen LogP contribution in [0.25, 0.3) is 0 Å². The van der Waals surface area contributed by atoms with Gasteiger partial charge in [0.05, 0.1) is 18.3 Å². The van der Waals surface area contributed by atoms with Crippen LogP contribution in [0.4, 0.5) is 0 Å². The highest BCUT2D eigenvalue weighted by Crippen LogP contribution is 2.22. The lowest BCUT2D eigenvalue weighted by Crippen LogP contribution is -2.51. The third-order valence-electron chi connectivity index (χ3n) is 4.92. The molecule has 1 N–H and O–H groups in total. The molecule has 25 heavy (non-hydrogen) atoms. The Morgan fingerprint density at radius 3 is 2.40 bits per heavy atom. The number of carbonyl (C=O) groups excluding carboxylic acids is 1. The molecule has 2 heterocycles. The van der Waals surface area contributed by atoms with Gasteiger partial charge >= 0.3 is 5.97 Å². The zero-order chi connectivity index (χ0) is 18.4. The van der Waals surface area contributed by atoms with Crippen molar-refractivity contribution in [3.63, 3.8) is 0 Å². The first-order valence-corrected chi connectivity index (χ1v) is 10.5. The number of hydrogen-bond acceptors (Lipinski definition) is 5. The number of carboxylic acids is 1. The molecular weight excluding hydrogens is 348 g/mol. The highest BCUT2D eigenvalue weighted by molar-refractivity contribution is 7.89. The third-order valence-corrected chi connectivity index (χ3v) is 6.81. The van der Waals surface area contributed by atoms with Crippen LogP contribution in [-0.2, 0) is 24.3 Å². The summed E-state index contributed by atoms with van der Waals surface area (Å²) in [6.45, 7) is 2.54. The van der Waals surface area contributed by atoms with Crippen LogP contribution in [0.2, 0.25) is 0 Å². The standard InChI is InChI=1S/C16H28N2O6S/c1-2-25(22,23)17-8-6-13(7-9-17)18(12-16(20)21)15(19)11-14-5-3-4-10-24-14/h13-14H,2-12H2,1H3,(H,20,21). The van der Waals surface area contributed by atoms with E-state index in [1.807, 2.05) is 0 Å². The lowest BCUT2D eigenvalue weighted by atomic mass is 10.0. The molecule has 144 valence electrons. The second-order valence-electron chi connectivity index (χ2n) is 6.64. The summed E-state index contributed by atoms with van der Waals surface area (Å²) in [7, 11) is -3.24. The van der Waals surface area contributed by atoms with E-state index in [1.165, 1.54) is 9.21 Å². The van der Waals surface area contributed by atoms with Crippen molar-refractivity contribution in [2.75, 3.05) is 32.0 Å². The van der Waals surface area contributed by atoms with Crippen LogP contribution in [0, 0.1) is 0 Å². The van der Waals surface area contributed by atoms with Crippen molar-refractivity contribution >= 4 is 21.9 Å². The van der Waals surface area contributed by atoms with Crippen LogP contribution in [-0.4, -0.2) is 78.7 Å². The number of amides is 1. The number of carboxylic acid groups (broad SMARTS) is 1. The Balaban J connectivity index is 1.97. The van der Waals surface area contributed by atoms with Crippen LogP contribution in [0.1, 0.15) is 45.4 Å². The van der Waals surface area contributed by atoms with Crippen LogP contribution >= 0.6 is 0 Å². The Morgan fingerprint density at radius 1 is 1.20 bits per heavy atom. The van der Waals surface area contributed by atoms with Gasteiger partial charge in [-0.25, -0.2) is 12.7 Å². The SMILES string of the molecule is CCS(=O)(=O)N1CCC(N(CC(=O)O)C(=O)CC2CCCCO2)CC1. The molecule has 0 aromatic carbocycles. The molecule has 0 radical (unpaired) electrons. The van der Waals surface area contributed by atoms with Gasteiger partial charge in [0.2, 0.25) is 15.9 Å². The first kappa shape index (κ1) is 20.1. The largest absolute Gasteiger partial charge is 0.480 e. The summed E-state index contributed by atoms with van der Waals surface area (Å²) < 4.78 is 30.9. The van der Waals surface area contributed by atoms with Crippen LogP contribution in [0.3, 0.4) is 0 Å². The van der Waals surface area contributed by atoms with E-state index < -0.39 is 16.0 Å². The maximum absolute atomic E-state index is 12.6. The van der Waals surface area contributed by atoms with Crippen molar-refractivity contribution in [1.29, 1.82) is 0 Å². The number of nitrogens with zero attached hydrogens (tertiary/aromatic N) is 2. The summed E-state index contributed by atoms with van der Waals surface area (Å²) >= 11 is 0. The minimum atomic E-state index is -3.24. The molecule has 2 aliphatic rings. The number of sulfonamides is 1. The zero-order valence-electron chi connectivity index (χ0n) is 14.7. The smallest absolute Gasteiger partial charge is 0.323 e. The molecule has 2 fully saturated rings. The molecule has 8 nitrogen and oxygen atoms in total. The summed E-state index contributed by atoms with van der Waals surface area (Å²) in [5.74, 6) is -1.22. The van der Waals surface area contributed by atoms with Gasteiger partial charge in [-0.3, -0.25) is 9.59 Å². The number of carbonyl (C=O) groups is 2. The summed E-state index contributed by atoms with van der Waals surface area (Å²) in [5.41, 5.74) is 0. The predicted octanol–water partition coefficient (Wildman–Crippen LogP) is 0.673. The first-order valence-electron chi connectivity index (χ1n) is 8.94. The number of ether oxygens (including phenoxy) is 1. The van der Waals surface area contributed by atoms with E-state index >= 15 is 0 Å². The van der Waals surface area contributed by atoms with Crippen LogP contribution < -0.4 is 0 Å². The van der Waals surface area contributed by atoms with Gasteiger partial charge in [0.15, 0.2) is 0 Å². The van der Waals surface area contributed by atoms with E-state index in [0.29, 0.717) is 32.5 Å². The van der Waals surface area contributed by atoms with Crippen LogP contribution in [0.5, 0.6) is 0 Å². The number of rotatable bonds is 7. The fourth-order valence-electron chi connectivity index (χ4n) is 3.46. The number of aliphatic carboxylic acids is 1. The second kappa shape index (κ2) is 8.95. The lowest BCUT2D eigenvalue weighted by molar-refractivity contribution is -0.148. The molecule has 0 aliphatic carbocycles. The zero-order valence-corrected chi connectivity index (χ0v) is 15.5. The monoisotopic (exact) mass is 376 g/mol. The van der Waals surface area contributed by atoms with E-state index in [2.05, 4.69) is 0 Å². The molecule has 0 saturated carbocycles. The molecule has 2 saturated heterocycles. The third kappa shape index (κ3) is 5.65. The van der Waals surface area contributed by atoms with Gasteiger partial charge in [0, 0.05) is 25.7 Å². The van der Waals surface area contributed by atoms with Gasteiger partial charge < -0.3 is 14.7 Å². The van der Waals surface area contributed by atoms with E-state index in [4.69, 9.17) is 9.84 Å². The number of hydrogen-bond donors (Lipinski definition) is 1. The van der Waals surface area contributed by atoms with Gasteiger partial charge in [-0.2, -0.15) is 0 Å². The maximum Gasteiger partial charge on any atom is 0.323 e. The normalized spacial score (nSPS) is 23.3. The van der Waals surface area contributed by atoms with Gasteiger partial charge in [0.1, 0.15) is 6.54 Å². The topological polar surface area (TPSA) is 104 Å². The number of piperidine rings is 1. The van der Waals surface area contributed by atoms with Crippen molar-refractivity contribution in [3.05, 3.63) is 0 Å². The van der Waals surface area contributed by atoms with Gasteiger partial charge in [0.25, 0.3) is 0 Å². The van der Waals surface area contributed by atoms with E-state index in [0.717, 1.165) is 19.3 Å². The summed E-state index contributed by atoms with van der Waals surface area (Å²) in [6.07, 6.45) is 3.81. The molecule has 0 spiro atoms. The summed E-state index contributed by atoms with van der Waals surface area (Å²) in [4.78, 5) is 25.2. The molecule has 1 amide bonds. The van der Waals surface area contributed by atoms with Crippen molar-refractivity contribution in [1.82, 2.24) is 9.21 Å². The first-order chi connectivity index (χ1) is 11.8. The Kier molecular flexibility index (Phi) is 7.21. The highest BCUT2D eigenvalue weighted by atomic mass is 32.2. The van der Waals surface area contributed by atoms with Crippen LogP contribution in [0.15, 0.2) is 0 Å². The molecule has 2 rings (SSSR count). The van der Waals surface area contributed by atoms with E-state index in [-0.39, 0.29) is 36.8 Å². The molecule has 1 atom stereocenters. The summed E-state index contributed by atoms with van der Waals surface area (Å²) in [6, 6.07) is -0.240. The predicted molar refractivity (Wildman–Crippen MR) is 91.6 cm³/mol. The fraction of sp³-hybridized carbons (Fsp3) is 0.875. The van der Waals surface area contributed by atoms with Gasteiger partial charge in [-0.1, -0.05) is 0 Å². The molecule has 0 aromatic rings. The quantitative estimate of drug-likeness (QED) is 0.700. The molecule has 2 aliphatic heterocycles. The van der Waals surface area contributed by atoms with Crippen molar-refractivity contribution in [3.8, 4) is 0 Å². The Bertz CT molecular complexity index is 565. The Morgan fingerprint density at radius 2 is 1.88 bits per heavy atom. The maximum atomic E-state index is 12.6. The average Bonchev–Trinajstić information content (AvgIpc) is 2.60. The minimum Gasteiger partial charge on any atom is -0.480 e. The Labute approximate surface area is 149 Å². The second-order valence-corrected chi connectivity index (χ2v) is 8.90. The Hall–Kier alpha value is -1.19. The molecular formula is C16H28N2O6S. The molecule has 0 aromatic heterocycles. The van der Waals surface area contributed by atoms with E-state index in [1.54, 1.807) is 6.92 Å². The lowest BCUT2D eigenvalue weighted by Gasteiger charge is -2.38. The fourth-order valence-corrected chi connectivity index (χ4v) is 4.59. The molecule has 1 unspecified atom stereocenters. The van der Waals surface area contributed by atoms with Crippen molar-refractivity contribution < 1.29 is 27.9 Å². The van der Waals surface area contributed by atoms with Gasteiger partial charge in [-0.15, -0.1) is 0 Å². The van der Waals surface area contributed by atoms with Crippen molar-refractivity contribution in [2.45, 2.75) is 57.6 Å². The molecule has 0 bridgehead atoms. The highest BCUT2D eigenvalue weighted by Gasteiger charge is 2.33. The van der Waals surface area contributed by atoms with E-state index in [9.17, 15) is 18.0 Å². The van der Waals surface area contributed by atoms with Gasteiger partial charge in [-0.05, 0) is 39.0 Å². The minimum absolute atomic E-state index is 0.0501. The average molecular weight is 376 g/mol. The van der Waals surface area contributed by atoms with Crippen molar-refractivity contribution in [2.24, 2.45) is 0 Å². The molecule has 9 heteroatoms.